The third-order valence-corrected chi connectivity index (χ3v) is 3.03. The summed E-state index contributed by atoms with van der Waals surface area (Å²) in [6.07, 6.45) is 9.97. The standard InChI is InChI=1S/C12H22N2O/c1-2-3-7-10-14-11(15)12(13)8-5-4-6-9-12/h2-3H,4-10,13H2,1H3,(H,14,15)/b3-2+. The molecule has 3 N–H and O–H groups in total. The molecular weight excluding hydrogens is 188 g/mol. The van der Waals surface area contributed by atoms with Crippen molar-refractivity contribution in [1.82, 2.24) is 5.32 Å². The molecule has 0 unspecified atom stereocenters. The van der Waals surface area contributed by atoms with E-state index in [0.29, 0.717) is 6.54 Å². The summed E-state index contributed by atoms with van der Waals surface area (Å²) in [6.45, 7) is 2.68. The minimum Gasteiger partial charge on any atom is -0.354 e. The molecule has 86 valence electrons. The van der Waals surface area contributed by atoms with E-state index in [0.717, 1.165) is 32.1 Å². The van der Waals surface area contributed by atoms with Crippen LogP contribution in [0.2, 0.25) is 0 Å². The first-order valence-corrected chi connectivity index (χ1v) is 5.87. The molecule has 1 aliphatic carbocycles. The summed E-state index contributed by atoms with van der Waals surface area (Å²) in [5, 5.41) is 2.91. The number of hydrogen-bond donors (Lipinski definition) is 2. The first kappa shape index (κ1) is 12.2. The summed E-state index contributed by atoms with van der Waals surface area (Å²) in [5.74, 6) is 0.0340. The monoisotopic (exact) mass is 210 g/mol. The lowest BCUT2D eigenvalue weighted by Gasteiger charge is -2.31. The fourth-order valence-corrected chi connectivity index (χ4v) is 2.02. The zero-order valence-electron chi connectivity index (χ0n) is 9.59. The molecule has 0 radical (unpaired) electrons. The van der Waals surface area contributed by atoms with Crippen LogP contribution in [-0.4, -0.2) is 18.0 Å². The number of hydrogen-bond acceptors (Lipinski definition) is 2. The van der Waals surface area contributed by atoms with Gasteiger partial charge in [0.1, 0.15) is 0 Å². The Morgan fingerprint density at radius 1 is 1.40 bits per heavy atom. The molecule has 0 aromatic carbocycles. The smallest absolute Gasteiger partial charge is 0.240 e. The van der Waals surface area contributed by atoms with Crippen molar-refractivity contribution < 1.29 is 4.79 Å². The summed E-state index contributed by atoms with van der Waals surface area (Å²) in [7, 11) is 0. The Labute approximate surface area is 92.1 Å². The highest BCUT2D eigenvalue weighted by Gasteiger charge is 2.34. The van der Waals surface area contributed by atoms with Gasteiger partial charge < -0.3 is 11.1 Å². The molecule has 1 amide bonds. The molecule has 3 nitrogen and oxygen atoms in total. The van der Waals surface area contributed by atoms with Gasteiger partial charge in [-0.25, -0.2) is 0 Å². The molecule has 3 heteroatoms. The van der Waals surface area contributed by atoms with Crippen molar-refractivity contribution in [2.45, 2.75) is 51.0 Å². The summed E-state index contributed by atoms with van der Waals surface area (Å²) >= 11 is 0. The second kappa shape index (κ2) is 5.91. The van der Waals surface area contributed by atoms with Gasteiger partial charge in [0.15, 0.2) is 0 Å². The Bertz CT molecular complexity index is 230. The summed E-state index contributed by atoms with van der Waals surface area (Å²) in [5.41, 5.74) is 5.50. The number of nitrogens with one attached hydrogen (secondary N) is 1. The van der Waals surface area contributed by atoms with Gasteiger partial charge in [-0.3, -0.25) is 4.79 Å². The molecule has 0 heterocycles. The Morgan fingerprint density at radius 3 is 2.67 bits per heavy atom. The van der Waals surface area contributed by atoms with E-state index in [-0.39, 0.29) is 5.91 Å². The first-order chi connectivity index (χ1) is 7.19. The van der Waals surface area contributed by atoms with Crippen molar-refractivity contribution in [2.24, 2.45) is 5.73 Å². The Hall–Kier alpha value is -0.830. The number of nitrogens with two attached hydrogens (primary N) is 1. The molecule has 1 aliphatic rings. The van der Waals surface area contributed by atoms with Crippen molar-refractivity contribution in [3.05, 3.63) is 12.2 Å². The number of allylic oxidation sites excluding steroid dienone is 1. The van der Waals surface area contributed by atoms with Crippen molar-refractivity contribution in [1.29, 1.82) is 0 Å². The number of amides is 1. The van der Waals surface area contributed by atoms with Crippen LogP contribution in [0.3, 0.4) is 0 Å². The third-order valence-electron chi connectivity index (χ3n) is 3.03. The van der Waals surface area contributed by atoms with Crippen LogP contribution < -0.4 is 11.1 Å². The maximum absolute atomic E-state index is 11.8. The van der Waals surface area contributed by atoms with E-state index in [9.17, 15) is 4.79 Å². The van der Waals surface area contributed by atoms with E-state index in [1.54, 1.807) is 0 Å². The van der Waals surface area contributed by atoms with Gasteiger partial charge in [-0.1, -0.05) is 31.4 Å². The quantitative estimate of drug-likeness (QED) is 0.548. The van der Waals surface area contributed by atoms with Crippen LogP contribution in [0.5, 0.6) is 0 Å². The van der Waals surface area contributed by atoms with E-state index in [4.69, 9.17) is 5.73 Å². The second-order valence-electron chi connectivity index (χ2n) is 4.33. The van der Waals surface area contributed by atoms with Crippen LogP contribution in [0.4, 0.5) is 0 Å². The molecule has 0 saturated heterocycles. The number of carbonyl (C=O) groups is 1. The average Bonchev–Trinajstić information content (AvgIpc) is 2.25. The van der Waals surface area contributed by atoms with Gasteiger partial charge in [0.05, 0.1) is 5.54 Å². The maximum Gasteiger partial charge on any atom is 0.240 e. The fourth-order valence-electron chi connectivity index (χ4n) is 2.02. The molecule has 0 bridgehead atoms. The minimum absolute atomic E-state index is 0.0340. The van der Waals surface area contributed by atoms with Crippen LogP contribution in [0, 0.1) is 0 Å². The molecular formula is C12H22N2O. The minimum atomic E-state index is -0.589. The van der Waals surface area contributed by atoms with Crippen LogP contribution in [-0.2, 0) is 4.79 Å². The summed E-state index contributed by atoms with van der Waals surface area (Å²) in [4.78, 5) is 11.8. The molecule has 1 fully saturated rings. The zero-order valence-corrected chi connectivity index (χ0v) is 9.59. The van der Waals surface area contributed by atoms with Gasteiger partial charge in [0.2, 0.25) is 5.91 Å². The van der Waals surface area contributed by atoms with Gasteiger partial charge in [0, 0.05) is 6.54 Å². The first-order valence-electron chi connectivity index (χ1n) is 5.87. The molecule has 0 aromatic heterocycles. The predicted octanol–water partition coefficient (Wildman–Crippen LogP) is 1.73. The lowest BCUT2D eigenvalue weighted by atomic mass is 9.82. The van der Waals surface area contributed by atoms with Gasteiger partial charge in [-0.15, -0.1) is 0 Å². The van der Waals surface area contributed by atoms with Gasteiger partial charge in [0.25, 0.3) is 0 Å². The lowest BCUT2D eigenvalue weighted by Crippen LogP contribution is -2.55. The SMILES string of the molecule is C/C=C/CCNC(=O)C1(N)CCCCC1. The Balaban J connectivity index is 2.31. The molecule has 0 aromatic rings. The zero-order chi connectivity index (χ0) is 11.1. The highest BCUT2D eigenvalue weighted by Crippen LogP contribution is 2.25. The third kappa shape index (κ3) is 3.67. The molecule has 0 atom stereocenters. The van der Waals surface area contributed by atoms with E-state index in [1.165, 1.54) is 6.42 Å². The van der Waals surface area contributed by atoms with E-state index < -0.39 is 5.54 Å². The highest BCUT2D eigenvalue weighted by molar-refractivity contribution is 5.86. The average molecular weight is 210 g/mol. The van der Waals surface area contributed by atoms with Crippen LogP contribution in [0.25, 0.3) is 0 Å². The van der Waals surface area contributed by atoms with Crippen molar-refractivity contribution >= 4 is 5.91 Å². The Kier molecular flexibility index (Phi) is 4.82. The molecule has 0 spiro atoms. The summed E-state index contributed by atoms with van der Waals surface area (Å²) < 4.78 is 0. The number of carbonyl (C=O) groups excluding carboxylic acids is 1. The lowest BCUT2D eigenvalue weighted by molar-refractivity contribution is -0.127. The van der Waals surface area contributed by atoms with E-state index in [1.807, 2.05) is 19.1 Å². The maximum atomic E-state index is 11.8. The molecule has 1 saturated carbocycles. The largest absolute Gasteiger partial charge is 0.354 e. The molecule has 15 heavy (non-hydrogen) atoms. The van der Waals surface area contributed by atoms with Crippen molar-refractivity contribution in [3.8, 4) is 0 Å². The van der Waals surface area contributed by atoms with Gasteiger partial charge in [-0.05, 0) is 26.2 Å². The predicted molar refractivity (Wildman–Crippen MR) is 62.4 cm³/mol. The fraction of sp³-hybridized carbons (Fsp3) is 0.750. The van der Waals surface area contributed by atoms with Crippen LogP contribution in [0.1, 0.15) is 45.4 Å². The number of rotatable bonds is 4. The normalized spacial score (nSPS) is 20.4. The Morgan fingerprint density at radius 2 is 2.07 bits per heavy atom. The topological polar surface area (TPSA) is 55.1 Å². The van der Waals surface area contributed by atoms with Crippen LogP contribution >= 0.6 is 0 Å². The van der Waals surface area contributed by atoms with Crippen LogP contribution in [0.15, 0.2) is 12.2 Å². The van der Waals surface area contributed by atoms with E-state index >= 15 is 0 Å². The summed E-state index contributed by atoms with van der Waals surface area (Å²) in [6, 6.07) is 0. The van der Waals surface area contributed by atoms with Crippen molar-refractivity contribution in [2.75, 3.05) is 6.54 Å². The molecule has 1 rings (SSSR count). The van der Waals surface area contributed by atoms with Crippen molar-refractivity contribution in [3.63, 3.8) is 0 Å². The molecule has 0 aliphatic heterocycles. The van der Waals surface area contributed by atoms with E-state index in [2.05, 4.69) is 5.32 Å². The van der Waals surface area contributed by atoms with Gasteiger partial charge >= 0.3 is 0 Å². The second-order valence-corrected chi connectivity index (χ2v) is 4.33. The van der Waals surface area contributed by atoms with Gasteiger partial charge in [-0.2, -0.15) is 0 Å². The highest BCUT2D eigenvalue weighted by atomic mass is 16.2.